The summed E-state index contributed by atoms with van der Waals surface area (Å²) >= 11 is 0. The first-order valence-corrected chi connectivity index (χ1v) is 5.83. The van der Waals surface area contributed by atoms with Crippen LogP contribution in [-0.2, 0) is 6.42 Å². The van der Waals surface area contributed by atoms with Crippen LogP contribution in [0.1, 0.15) is 16.1 Å². The summed E-state index contributed by atoms with van der Waals surface area (Å²) in [6.07, 6.45) is 0.342. The lowest BCUT2D eigenvalue weighted by Gasteiger charge is -2.09. The van der Waals surface area contributed by atoms with E-state index >= 15 is 0 Å². The van der Waals surface area contributed by atoms with Gasteiger partial charge in [0, 0.05) is 5.69 Å². The Hall–Kier alpha value is -3.07. The highest BCUT2D eigenvalue weighted by atomic mass is 16.4. The van der Waals surface area contributed by atoms with Crippen LogP contribution in [0.5, 0.6) is 0 Å². The molecule has 0 aliphatic heterocycles. The van der Waals surface area contributed by atoms with E-state index in [0.717, 1.165) is 5.56 Å². The van der Waals surface area contributed by atoms with Crippen molar-refractivity contribution in [2.75, 3.05) is 11.1 Å². The summed E-state index contributed by atoms with van der Waals surface area (Å²) in [4.78, 5) is 14.8. The van der Waals surface area contributed by atoms with Crippen LogP contribution in [0.3, 0.4) is 0 Å². The highest BCUT2D eigenvalue weighted by molar-refractivity contribution is 5.87. The number of nitrogen functional groups attached to an aromatic ring is 1. The van der Waals surface area contributed by atoms with Crippen LogP contribution in [0.4, 0.5) is 17.2 Å². The molecule has 2 aromatic rings. The van der Waals surface area contributed by atoms with Gasteiger partial charge in [-0.15, -0.1) is 0 Å². The zero-order valence-corrected chi connectivity index (χ0v) is 10.5. The van der Waals surface area contributed by atoms with E-state index in [4.69, 9.17) is 16.1 Å². The van der Waals surface area contributed by atoms with Gasteiger partial charge in [-0.3, -0.25) is 0 Å². The first-order valence-electron chi connectivity index (χ1n) is 5.83. The maximum absolute atomic E-state index is 10.9. The van der Waals surface area contributed by atoms with Crippen LogP contribution in [0.15, 0.2) is 36.4 Å². The van der Waals surface area contributed by atoms with E-state index in [2.05, 4.69) is 16.4 Å². The lowest BCUT2D eigenvalue weighted by Crippen LogP contribution is -2.05. The van der Waals surface area contributed by atoms with E-state index in [1.807, 2.05) is 12.1 Å². The van der Waals surface area contributed by atoms with Crippen molar-refractivity contribution in [2.45, 2.75) is 6.42 Å². The SMILES string of the molecule is N#CCc1ccc(Nc2nc(C(=O)O)ccc2N)cc1. The molecule has 0 aliphatic carbocycles. The summed E-state index contributed by atoms with van der Waals surface area (Å²) in [6.45, 7) is 0. The van der Waals surface area contributed by atoms with Gasteiger partial charge in [-0.1, -0.05) is 12.1 Å². The van der Waals surface area contributed by atoms with Gasteiger partial charge >= 0.3 is 5.97 Å². The molecule has 0 saturated heterocycles. The molecule has 0 amide bonds. The number of carbonyl (C=O) groups is 1. The highest BCUT2D eigenvalue weighted by Gasteiger charge is 2.08. The molecular weight excluding hydrogens is 256 g/mol. The van der Waals surface area contributed by atoms with Gasteiger partial charge in [-0.25, -0.2) is 9.78 Å². The maximum atomic E-state index is 10.9. The summed E-state index contributed by atoms with van der Waals surface area (Å²) in [5.41, 5.74) is 7.65. The zero-order chi connectivity index (χ0) is 14.5. The Morgan fingerprint density at radius 3 is 2.60 bits per heavy atom. The van der Waals surface area contributed by atoms with Gasteiger partial charge in [0.1, 0.15) is 0 Å². The zero-order valence-electron chi connectivity index (χ0n) is 10.5. The lowest BCUT2D eigenvalue weighted by molar-refractivity contribution is 0.0690. The van der Waals surface area contributed by atoms with Gasteiger partial charge in [0.25, 0.3) is 0 Å². The number of pyridine rings is 1. The molecule has 1 aromatic carbocycles. The molecule has 0 bridgehead atoms. The van der Waals surface area contributed by atoms with Crippen molar-refractivity contribution in [2.24, 2.45) is 0 Å². The summed E-state index contributed by atoms with van der Waals surface area (Å²) in [7, 11) is 0. The number of nitrogens with zero attached hydrogens (tertiary/aromatic N) is 2. The standard InChI is InChI=1S/C14H12N4O2/c15-8-7-9-1-3-10(4-2-9)17-13-11(16)5-6-12(18-13)14(19)20/h1-6H,7,16H2,(H,17,18)(H,19,20). The number of rotatable bonds is 4. The van der Waals surface area contributed by atoms with Crippen molar-refractivity contribution < 1.29 is 9.90 Å². The normalized spacial score (nSPS) is 9.75. The third kappa shape index (κ3) is 3.03. The number of nitriles is 1. The van der Waals surface area contributed by atoms with Crippen LogP contribution in [0.25, 0.3) is 0 Å². The smallest absolute Gasteiger partial charge is 0.354 e. The first kappa shape index (κ1) is 13.4. The Bertz CT molecular complexity index is 675. The number of anilines is 3. The molecule has 4 N–H and O–H groups in total. The number of carboxylic acids is 1. The third-order valence-electron chi connectivity index (χ3n) is 2.65. The average molecular weight is 268 g/mol. The van der Waals surface area contributed by atoms with E-state index < -0.39 is 5.97 Å². The molecule has 6 nitrogen and oxygen atoms in total. The second kappa shape index (κ2) is 5.71. The topological polar surface area (TPSA) is 112 Å². The molecular formula is C14H12N4O2. The number of nitrogens with two attached hydrogens (primary N) is 1. The van der Waals surface area contributed by atoms with Crippen LogP contribution < -0.4 is 11.1 Å². The predicted octanol–water partition coefficient (Wildman–Crippen LogP) is 2.17. The Morgan fingerprint density at radius 2 is 2.00 bits per heavy atom. The molecule has 1 heterocycles. The molecule has 0 unspecified atom stereocenters. The summed E-state index contributed by atoms with van der Waals surface area (Å²) < 4.78 is 0. The van der Waals surface area contributed by atoms with Crippen molar-refractivity contribution in [1.82, 2.24) is 4.98 Å². The van der Waals surface area contributed by atoms with Crippen LogP contribution in [0.2, 0.25) is 0 Å². The number of aromatic carboxylic acids is 1. The van der Waals surface area contributed by atoms with Gasteiger partial charge in [-0.05, 0) is 29.8 Å². The quantitative estimate of drug-likeness (QED) is 0.783. The average Bonchev–Trinajstić information content (AvgIpc) is 2.43. The van der Waals surface area contributed by atoms with E-state index in [-0.39, 0.29) is 11.5 Å². The van der Waals surface area contributed by atoms with Crippen molar-refractivity contribution >= 4 is 23.2 Å². The largest absolute Gasteiger partial charge is 0.477 e. The van der Waals surface area contributed by atoms with E-state index in [1.165, 1.54) is 12.1 Å². The predicted molar refractivity (Wildman–Crippen MR) is 74.7 cm³/mol. The minimum Gasteiger partial charge on any atom is -0.477 e. The number of hydrogen-bond donors (Lipinski definition) is 3. The van der Waals surface area contributed by atoms with Crippen LogP contribution in [-0.4, -0.2) is 16.1 Å². The third-order valence-corrected chi connectivity index (χ3v) is 2.65. The van der Waals surface area contributed by atoms with Gasteiger partial charge in [0.15, 0.2) is 11.5 Å². The summed E-state index contributed by atoms with van der Waals surface area (Å²) in [6, 6.07) is 12.1. The van der Waals surface area contributed by atoms with Gasteiger partial charge < -0.3 is 16.2 Å². The fraction of sp³-hybridized carbons (Fsp3) is 0.0714. The molecule has 0 spiro atoms. The number of benzene rings is 1. The molecule has 0 atom stereocenters. The van der Waals surface area contributed by atoms with Crippen molar-refractivity contribution in [1.29, 1.82) is 5.26 Å². The fourth-order valence-electron chi connectivity index (χ4n) is 1.62. The molecule has 0 saturated carbocycles. The summed E-state index contributed by atoms with van der Waals surface area (Å²) in [5.74, 6) is -0.824. The lowest BCUT2D eigenvalue weighted by atomic mass is 10.1. The van der Waals surface area contributed by atoms with Crippen LogP contribution in [0, 0.1) is 11.3 Å². The van der Waals surface area contributed by atoms with Crippen LogP contribution >= 0.6 is 0 Å². The van der Waals surface area contributed by atoms with E-state index in [0.29, 0.717) is 17.8 Å². The fourth-order valence-corrected chi connectivity index (χ4v) is 1.62. The number of carboxylic acid groups (broad SMARTS) is 1. The Morgan fingerprint density at radius 1 is 1.30 bits per heavy atom. The molecule has 1 aromatic heterocycles. The van der Waals surface area contributed by atoms with Crippen molar-refractivity contribution in [3.8, 4) is 6.07 Å². The molecule has 0 aliphatic rings. The minimum atomic E-state index is -1.11. The minimum absolute atomic E-state index is 0.0807. The maximum Gasteiger partial charge on any atom is 0.354 e. The Labute approximate surface area is 115 Å². The number of aromatic nitrogens is 1. The molecule has 2 rings (SSSR count). The number of nitrogens with one attached hydrogen (secondary N) is 1. The monoisotopic (exact) mass is 268 g/mol. The van der Waals surface area contributed by atoms with Crippen molar-refractivity contribution in [3.05, 3.63) is 47.7 Å². The molecule has 0 radical (unpaired) electrons. The molecule has 6 heteroatoms. The van der Waals surface area contributed by atoms with E-state index in [9.17, 15) is 4.79 Å². The Kier molecular flexibility index (Phi) is 3.82. The molecule has 100 valence electrons. The summed E-state index contributed by atoms with van der Waals surface area (Å²) in [5, 5.41) is 20.4. The highest BCUT2D eigenvalue weighted by Crippen LogP contribution is 2.21. The van der Waals surface area contributed by atoms with Gasteiger partial charge in [0.2, 0.25) is 0 Å². The first-order chi connectivity index (χ1) is 9.60. The molecule has 20 heavy (non-hydrogen) atoms. The van der Waals surface area contributed by atoms with Gasteiger partial charge in [-0.2, -0.15) is 5.26 Å². The molecule has 0 fully saturated rings. The Balaban J connectivity index is 2.23. The second-order valence-corrected chi connectivity index (χ2v) is 4.10. The van der Waals surface area contributed by atoms with Crippen molar-refractivity contribution in [3.63, 3.8) is 0 Å². The number of hydrogen-bond acceptors (Lipinski definition) is 5. The van der Waals surface area contributed by atoms with E-state index in [1.54, 1.807) is 12.1 Å². The van der Waals surface area contributed by atoms with Gasteiger partial charge in [0.05, 0.1) is 18.2 Å². The second-order valence-electron chi connectivity index (χ2n) is 4.10.